The lowest BCUT2D eigenvalue weighted by atomic mass is 10.0. The van der Waals surface area contributed by atoms with Crippen LogP contribution in [0.5, 0.6) is 0 Å². The summed E-state index contributed by atoms with van der Waals surface area (Å²) >= 11 is 0. The van der Waals surface area contributed by atoms with Crippen molar-refractivity contribution < 1.29 is 0 Å². The molecule has 0 aliphatic heterocycles. The van der Waals surface area contributed by atoms with E-state index in [1.807, 2.05) is 34.6 Å². The quantitative estimate of drug-likeness (QED) is 0.443. The predicted octanol–water partition coefficient (Wildman–Crippen LogP) is 5.99. The first-order chi connectivity index (χ1) is 10.3. The molecule has 2 aromatic rings. The molecule has 21 heavy (non-hydrogen) atoms. The van der Waals surface area contributed by atoms with Crippen LogP contribution in [0.1, 0.15) is 56.9 Å². The van der Waals surface area contributed by atoms with E-state index in [1.54, 1.807) is 0 Å². The molecule has 0 heteroatoms. The minimum atomic E-state index is 1.05. The van der Waals surface area contributed by atoms with Gasteiger partial charge in [0.25, 0.3) is 0 Å². The highest BCUT2D eigenvalue weighted by Gasteiger charge is 2.17. The number of benzene rings is 2. The number of fused-ring (bicyclic) bond motifs is 3. The second-order valence-electron chi connectivity index (χ2n) is 4.58. The normalized spacial score (nSPS) is 9.81. The highest BCUT2D eigenvalue weighted by molar-refractivity contribution is 5.77. The fourth-order valence-corrected chi connectivity index (χ4v) is 2.56. The molecule has 3 rings (SSSR count). The molecule has 0 saturated heterocycles. The molecular weight excluding hydrogens is 252 g/mol. The van der Waals surface area contributed by atoms with Crippen molar-refractivity contribution in [1.82, 2.24) is 0 Å². The summed E-state index contributed by atoms with van der Waals surface area (Å²) < 4.78 is 0. The van der Waals surface area contributed by atoms with Crippen LogP contribution < -0.4 is 0 Å². The molecule has 0 radical (unpaired) electrons. The van der Waals surface area contributed by atoms with Crippen molar-refractivity contribution in [3.8, 4) is 23.0 Å². The SMILES string of the molecule is CC.CC.CC#Cc1ccc2c(c1)Cc1cc(C)ccc1-2. The van der Waals surface area contributed by atoms with Crippen LogP contribution in [0.25, 0.3) is 11.1 Å². The molecule has 1 aliphatic carbocycles. The Morgan fingerprint density at radius 1 is 0.810 bits per heavy atom. The third kappa shape index (κ3) is 3.76. The Labute approximate surface area is 130 Å². The Morgan fingerprint density at radius 3 is 2.00 bits per heavy atom. The van der Waals surface area contributed by atoms with E-state index in [0.29, 0.717) is 0 Å². The van der Waals surface area contributed by atoms with Crippen LogP contribution in [0.4, 0.5) is 0 Å². The Balaban J connectivity index is 0.000000510. The molecule has 0 N–H and O–H groups in total. The average molecular weight is 278 g/mol. The van der Waals surface area contributed by atoms with E-state index >= 15 is 0 Å². The number of aryl methyl sites for hydroxylation is 1. The van der Waals surface area contributed by atoms with E-state index in [1.165, 1.54) is 27.8 Å². The van der Waals surface area contributed by atoms with Gasteiger partial charge in [-0.15, -0.1) is 5.92 Å². The summed E-state index contributed by atoms with van der Waals surface area (Å²) in [5.74, 6) is 6.08. The van der Waals surface area contributed by atoms with E-state index in [4.69, 9.17) is 0 Å². The van der Waals surface area contributed by atoms with Gasteiger partial charge in [0.05, 0.1) is 0 Å². The number of rotatable bonds is 0. The van der Waals surface area contributed by atoms with Crippen LogP contribution in [0.2, 0.25) is 0 Å². The van der Waals surface area contributed by atoms with Crippen LogP contribution in [0.15, 0.2) is 36.4 Å². The Kier molecular flexibility index (Phi) is 6.76. The van der Waals surface area contributed by atoms with Crippen molar-refractivity contribution in [1.29, 1.82) is 0 Å². The largest absolute Gasteiger partial charge is 0.101 e. The molecule has 0 aromatic heterocycles. The minimum Gasteiger partial charge on any atom is -0.101 e. The molecular formula is C21H26. The van der Waals surface area contributed by atoms with Gasteiger partial charge in [0.2, 0.25) is 0 Å². The molecule has 0 atom stereocenters. The van der Waals surface area contributed by atoms with E-state index in [2.05, 4.69) is 55.2 Å². The zero-order valence-corrected chi connectivity index (χ0v) is 14.2. The molecule has 0 saturated carbocycles. The highest BCUT2D eigenvalue weighted by Crippen LogP contribution is 2.37. The lowest BCUT2D eigenvalue weighted by Crippen LogP contribution is -1.82. The Hall–Kier alpha value is -2.00. The minimum absolute atomic E-state index is 1.05. The second-order valence-corrected chi connectivity index (χ2v) is 4.58. The predicted molar refractivity (Wildman–Crippen MR) is 94.7 cm³/mol. The van der Waals surface area contributed by atoms with E-state index in [-0.39, 0.29) is 0 Å². The summed E-state index contributed by atoms with van der Waals surface area (Å²) in [6.45, 7) is 12.0. The van der Waals surface area contributed by atoms with Crippen molar-refractivity contribution in [2.75, 3.05) is 0 Å². The van der Waals surface area contributed by atoms with Gasteiger partial charge in [-0.05, 0) is 54.7 Å². The molecule has 0 fully saturated rings. The molecule has 0 spiro atoms. The topological polar surface area (TPSA) is 0 Å². The molecule has 0 heterocycles. The zero-order chi connectivity index (χ0) is 15.8. The fourth-order valence-electron chi connectivity index (χ4n) is 2.56. The van der Waals surface area contributed by atoms with Gasteiger partial charge in [0.1, 0.15) is 0 Å². The average Bonchev–Trinajstić information content (AvgIpc) is 2.88. The fraction of sp³-hybridized carbons (Fsp3) is 0.333. The van der Waals surface area contributed by atoms with Gasteiger partial charge in [-0.3, -0.25) is 0 Å². The standard InChI is InChI=1S/C17H14.2C2H6/c1-3-4-13-6-8-17-15(10-13)11-14-9-12(2)5-7-16(14)17;2*1-2/h5-10H,11H2,1-2H3;2*1-2H3. The van der Waals surface area contributed by atoms with Gasteiger partial charge in [0.15, 0.2) is 0 Å². The van der Waals surface area contributed by atoms with Crippen molar-refractivity contribution >= 4 is 0 Å². The second kappa shape index (κ2) is 8.32. The van der Waals surface area contributed by atoms with E-state index in [0.717, 1.165) is 12.0 Å². The third-order valence-corrected chi connectivity index (χ3v) is 3.31. The smallest absolute Gasteiger partial charge is 0.0248 e. The first-order valence-electron chi connectivity index (χ1n) is 7.93. The summed E-state index contributed by atoms with van der Waals surface area (Å²) in [5, 5.41) is 0. The van der Waals surface area contributed by atoms with Gasteiger partial charge >= 0.3 is 0 Å². The van der Waals surface area contributed by atoms with Crippen LogP contribution in [0, 0.1) is 18.8 Å². The molecule has 0 bridgehead atoms. The van der Waals surface area contributed by atoms with Crippen molar-refractivity contribution in [3.63, 3.8) is 0 Å². The van der Waals surface area contributed by atoms with E-state index < -0.39 is 0 Å². The Morgan fingerprint density at radius 2 is 1.38 bits per heavy atom. The zero-order valence-electron chi connectivity index (χ0n) is 14.2. The van der Waals surface area contributed by atoms with Gasteiger partial charge in [0, 0.05) is 5.56 Å². The first-order valence-corrected chi connectivity index (χ1v) is 7.93. The van der Waals surface area contributed by atoms with Gasteiger partial charge in [-0.25, -0.2) is 0 Å². The van der Waals surface area contributed by atoms with E-state index in [9.17, 15) is 0 Å². The molecule has 0 amide bonds. The Bertz CT molecular complexity index is 651. The summed E-state index contributed by atoms with van der Waals surface area (Å²) in [6.07, 6.45) is 1.05. The van der Waals surface area contributed by atoms with Crippen LogP contribution in [-0.2, 0) is 6.42 Å². The van der Waals surface area contributed by atoms with Crippen LogP contribution >= 0.6 is 0 Å². The maximum atomic E-state index is 3.13. The monoisotopic (exact) mass is 278 g/mol. The van der Waals surface area contributed by atoms with Crippen molar-refractivity contribution in [2.45, 2.75) is 48.0 Å². The van der Waals surface area contributed by atoms with Crippen molar-refractivity contribution in [2.24, 2.45) is 0 Å². The maximum absolute atomic E-state index is 3.13. The molecule has 0 nitrogen and oxygen atoms in total. The summed E-state index contributed by atoms with van der Waals surface area (Å²) in [7, 11) is 0. The van der Waals surface area contributed by atoms with Gasteiger partial charge < -0.3 is 0 Å². The van der Waals surface area contributed by atoms with Crippen LogP contribution in [-0.4, -0.2) is 0 Å². The molecule has 2 aromatic carbocycles. The lowest BCUT2D eigenvalue weighted by Gasteiger charge is -2.01. The molecule has 1 aliphatic rings. The van der Waals surface area contributed by atoms with Crippen molar-refractivity contribution in [3.05, 3.63) is 58.7 Å². The molecule has 110 valence electrons. The molecule has 0 unspecified atom stereocenters. The van der Waals surface area contributed by atoms with Gasteiger partial charge in [-0.2, -0.15) is 0 Å². The lowest BCUT2D eigenvalue weighted by molar-refractivity contribution is 1.25. The summed E-state index contributed by atoms with van der Waals surface area (Å²) in [6, 6.07) is 13.3. The summed E-state index contributed by atoms with van der Waals surface area (Å²) in [5.41, 5.74) is 8.08. The number of hydrogen-bond acceptors (Lipinski definition) is 0. The third-order valence-electron chi connectivity index (χ3n) is 3.31. The first kappa shape index (κ1) is 17.1. The van der Waals surface area contributed by atoms with Crippen LogP contribution in [0.3, 0.4) is 0 Å². The maximum Gasteiger partial charge on any atom is 0.0248 e. The van der Waals surface area contributed by atoms with Gasteiger partial charge in [-0.1, -0.05) is 63.4 Å². The highest BCUT2D eigenvalue weighted by atomic mass is 14.2. The summed E-state index contributed by atoms with van der Waals surface area (Å²) in [4.78, 5) is 0. The number of hydrogen-bond donors (Lipinski definition) is 0.